The van der Waals surface area contributed by atoms with Crippen LogP contribution in [0.5, 0.6) is 0 Å². The van der Waals surface area contributed by atoms with Crippen LogP contribution in [0.1, 0.15) is 0 Å². The summed E-state index contributed by atoms with van der Waals surface area (Å²) in [5, 5.41) is 11.6. The maximum absolute atomic E-state index is 10.2. The normalized spacial score (nSPS) is 8.69. The minimum absolute atomic E-state index is 0. The van der Waals surface area contributed by atoms with E-state index in [1.54, 1.807) is 24.3 Å². The Balaban J connectivity index is 0.00000144. The molecule has 0 bridgehead atoms. The molecule has 0 atom stereocenters. The van der Waals surface area contributed by atoms with Crippen molar-refractivity contribution >= 4 is 74.6 Å². The molecule has 0 saturated heterocycles. The number of nitrogens with one attached hydrogen (secondary N) is 1. The van der Waals surface area contributed by atoms with Crippen LogP contribution in [0.4, 0.5) is 5.69 Å². The molecule has 0 amide bonds. The van der Waals surface area contributed by atoms with Gasteiger partial charge in [0.1, 0.15) is 6.54 Å². The molecule has 0 fully saturated rings. The summed E-state index contributed by atoms with van der Waals surface area (Å²) in [6.45, 7) is -0.121. The number of carboxylic acids is 1. The number of hydrogen-bond acceptors (Lipinski definition) is 2. The molecule has 1 aromatic rings. The number of benzene rings is 1. The van der Waals surface area contributed by atoms with Gasteiger partial charge in [-0.3, -0.25) is 4.79 Å². The second-order valence-electron chi connectivity index (χ2n) is 2.23. The molecule has 13 heavy (non-hydrogen) atoms. The van der Waals surface area contributed by atoms with Gasteiger partial charge in [0.2, 0.25) is 0 Å². The summed E-state index contributed by atoms with van der Waals surface area (Å²) < 4.78 is 0. The van der Waals surface area contributed by atoms with Gasteiger partial charge in [-0.05, 0) is 12.1 Å². The molecule has 0 saturated carbocycles. The second-order valence-corrected chi connectivity index (χ2v) is 2.63. The van der Waals surface area contributed by atoms with E-state index in [1.165, 1.54) is 0 Å². The molecule has 1 aromatic carbocycles. The van der Waals surface area contributed by atoms with Gasteiger partial charge in [-0.25, -0.2) is 0 Å². The molecule has 0 radical (unpaired) electrons. The van der Waals surface area contributed by atoms with E-state index in [9.17, 15) is 4.79 Å². The molecule has 0 heterocycles. The van der Waals surface area contributed by atoms with Gasteiger partial charge in [0.25, 0.3) is 0 Å². The molecular formula is C8H9ClKNO2. The third kappa shape index (κ3) is 5.00. The number of para-hydroxylation sites is 1. The zero-order chi connectivity index (χ0) is 8.97. The summed E-state index contributed by atoms with van der Waals surface area (Å²) in [6.07, 6.45) is 0. The topological polar surface area (TPSA) is 49.3 Å². The van der Waals surface area contributed by atoms with E-state index in [-0.39, 0.29) is 57.9 Å². The van der Waals surface area contributed by atoms with Crippen LogP contribution in [0.25, 0.3) is 0 Å². The van der Waals surface area contributed by atoms with Gasteiger partial charge >= 0.3 is 57.4 Å². The molecule has 0 aliphatic carbocycles. The van der Waals surface area contributed by atoms with Crippen molar-refractivity contribution < 1.29 is 9.90 Å². The fourth-order valence-corrected chi connectivity index (χ4v) is 0.978. The molecular weight excluding hydrogens is 217 g/mol. The van der Waals surface area contributed by atoms with E-state index in [1.807, 2.05) is 0 Å². The van der Waals surface area contributed by atoms with Crippen LogP contribution in [-0.4, -0.2) is 69.0 Å². The Hall–Kier alpha value is 0.416. The van der Waals surface area contributed by atoms with Crippen molar-refractivity contribution in [3.05, 3.63) is 29.3 Å². The van der Waals surface area contributed by atoms with Gasteiger partial charge in [0.15, 0.2) is 0 Å². The Bertz CT molecular complexity index is 293. The zero-order valence-corrected chi connectivity index (χ0v) is 7.01. The molecule has 66 valence electrons. The van der Waals surface area contributed by atoms with Gasteiger partial charge in [-0.2, -0.15) is 0 Å². The molecule has 5 heteroatoms. The first kappa shape index (κ1) is 13.4. The van der Waals surface area contributed by atoms with Crippen LogP contribution in [0, 0.1) is 0 Å². The van der Waals surface area contributed by atoms with Crippen molar-refractivity contribution in [2.75, 3.05) is 11.9 Å². The standard InChI is InChI=1S/C8H8ClNO2.K.H/c9-6-3-1-2-4-7(6)10-5-8(11)12;;/h1-4,10H,5H2,(H,11,12);;. The van der Waals surface area contributed by atoms with Crippen molar-refractivity contribution in [3.63, 3.8) is 0 Å². The fraction of sp³-hybridized carbons (Fsp3) is 0.125. The average molecular weight is 226 g/mol. The molecule has 0 unspecified atom stereocenters. The van der Waals surface area contributed by atoms with Crippen LogP contribution in [-0.2, 0) is 4.79 Å². The quantitative estimate of drug-likeness (QED) is 0.760. The van der Waals surface area contributed by atoms with E-state index in [2.05, 4.69) is 5.32 Å². The van der Waals surface area contributed by atoms with Gasteiger partial charge in [0, 0.05) is 0 Å². The zero-order valence-electron chi connectivity index (χ0n) is 6.25. The number of carboxylic acid groups (broad SMARTS) is 1. The Kier molecular flexibility index (Phi) is 7.03. The van der Waals surface area contributed by atoms with E-state index < -0.39 is 5.97 Å². The average Bonchev–Trinajstić information content (AvgIpc) is 2.03. The minimum atomic E-state index is -0.907. The summed E-state index contributed by atoms with van der Waals surface area (Å²) >= 11 is 5.75. The summed E-state index contributed by atoms with van der Waals surface area (Å²) in [7, 11) is 0. The van der Waals surface area contributed by atoms with Crippen molar-refractivity contribution in [1.82, 2.24) is 0 Å². The first-order valence-electron chi connectivity index (χ1n) is 3.40. The Morgan fingerprint density at radius 3 is 2.62 bits per heavy atom. The number of carbonyl (C=O) groups is 1. The van der Waals surface area contributed by atoms with E-state index in [0.717, 1.165) is 0 Å². The Morgan fingerprint density at radius 2 is 2.08 bits per heavy atom. The van der Waals surface area contributed by atoms with Crippen molar-refractivity contribution in [2.24, 2.45) is 0 Å². The number of aliphatic carboxylic acids is 1. The SMILES string of the molecule is O=C(O)CNc1ccccc1Cl.[KH]. The number of anilines is 1. The predicted molar refractivity (Wildman–Crippen MR) is 54.7 cm³/mol. The maximum atomic E-state index is 10.2. The first-order chi connectivity index (χ1) is 5.70. The van der Waals surface area contributed by atoms with Gasteiger partial charge in [-0.15, -0.1) is 0 Å². The molecule has 0 spiro atoms. The van der Waals surface area contributed by atoms with Crippen LogP contribution in [0.3, 0.4) is 0 Å². The van der Waals surface area contributed by atoms with Crippen LogP contribution < -0.4 is 5.32 Å². The number of hydrogen-bond donors (Lipinski definition) is 2. The summed E-state index contributed by atoms with van der Waals surface area (Å²) in [5.74, 6) is -0.907. The third-order valence-electron chi connectivity index (χ3n) is 1.30. The van der Waals surface area contributed by atoms with Gasteiger partial charge in [-0.1, -0.05) is 23.7 Å². The molecule has 0 aliphatic heterocycles. The summed E-state index contributed by atoms with van der Waals surface area (Å²) in [6, 6.07) is 7.00. The Labute approximate surface area is 124 Å². The predicted octanol–water partition coefficient (Wildman–Crippen LogP) is 1.19. The third-order valence-corrected chi connectivity index (χ3v) is 1.63. The molecule has 0 aromatic heterocycles. The van der Waals surface area contributed by atoms with E-state index >= 15 is 0 Å². The summed E-state index contributed by atoms with van der Waals surface area (Å²) in [4.78, 5) is 10.2. The van der Waals surface area contributed by atoms with Crippen LogP contribution >= 0.6 is 11.6 Å². The number of halogens is 1. The van der Waals surface area contributed by atoms with Gasteiger partial charge in [0.05, 0.1) is 10.7 Å². The van der Waals surface area contributed by atoms with Crippen molar-refractivity contribution in [1.29, 1.82) is 0 Å². The van der Waals surface area contributed by atoms with Gasteiger partial charge < -0.3 is 10.4 Å². The van der Waals surface area contributed by atoms with E-state index in [0.29, 0.717) is 10.7 Å². The summed E-state index contributed by atoms with van der Waals surface area (Å²) in [5.41, 5.74) is 0.640. The second kappa shape index (κ2) is 6.81. The molecule has 2 N–H and O–H groups in total. The molecule has 1 rings (SSSR count). The number of rotatable bonds is 3. The fourth-order valence-electron chi connectivity index (χ4n) is 0.775. The Morgan fingerprint density at radius 1 is 1.46 bits per heavy atom. The molecule has 0 aliphatic rings. The van der Waals surface area contributed by atoms with Crippen molar-refractivity contribution in [3.8, 4) is 0 Å². The van der Waals surface area contributed by atoms with Crippen molar-refractivity contribution in [2.45, 2.75) is 0 Å². The molecule has 3 nitrogen and oxygen atoms in total. The monoisotopic (exact) mass is 225 g/mol. The van der Waals surface area contributed by atoms with Crippen LogP contribution in [0.2, 0.25) is 5.02 Å². The first-order valence-corrected chi connectivity index (χ1v) is 3.78. The van der Waals surface area contributed by atoms with E-state index in [4.69, 9.17) is 16.7 Å². The van der Waals surface area contributed by atoms with Crippen LogP contribution in [0.15, 0.2) is 24.3 Å².